The number of halogens is 3. The number of carbonyl (C=O) groups is 1. The lowest BCUT2D eigenvalue weighted by Gasteiger charge is -2.41. The topological polar surface area (TPSA) is 32.8 Å². The predicted octanol–water partition coefficient (Wildman–Crippen LogP) is 3.35. The monoisotopic (exact) mass is 440 g/mol. The molecule has 1 atom stereocenters. The van der Waals surface area contributed by atoms with Gasteiger partial charge in [-0.1, -0.05) is 34.2 Å². The molecule has 0 bridgehead atoms. The first kappa shape index (κ1) is 17.6. The van der Waals surface area contributed by atoms with Gasteiger partial charge in [0.2, 0.25) is 5.91 Å². The third-order valence-corrected chi connectivity index (χ3v) is 4.65. The van der Waals surface area contributed by atoms with Crippen LogP contribution < -0.4 is 9.64 Å². The van der Waals surface area contributed by atoms with Gasteiger partial charge in [0.15, 0.2) is 0 Å². The Morgan fingerprint density at radius 1 is 1.50 bits per heavy atom. The summed E-state index contributed by atoms with van der Waals surface area (Å²) in [5, 5.41) is 0.257. The number of hydrogen-bond donors (Lipinski definition) is 0. The van der Waals surface area contributed by atoms with Crippen LogP contribution >= 0.6 is 34.2 Å². The van der Waals surface area contributed by atoms with E-state index in [0.29, 0.717) is 37.5 Å². The van der Waals surface area contributed by atoms with Gasteiger partial charge in [-0.25, -0.2) is 4.39 Å². The Hall–Kier alpha value is -0.760. The highest BCUT2D eigenvalue weighted by Crippen LogP contribution is 2.33. The van der Waals surface area contributed by atoms with Gasteiger partial charge in [0.05, 0.1) is 17.8 Å². The molecule has 4 nitrogen and oxygen atoms in total. The highest BCUT2D eigenvalue weighted by atomic mass is 127. The molecule has 122 valence electrons. The molecule has 1 saturated heterocycles. The molecule has 1 fully saturated rings. The van der Waals surface area contributed by atoms with Crippen molar-refractivity contribution in [1.82, 2.24) is 4.90 Å². The molecule has 2 rings (SSSR count). The lowest BCUT2D eigenvalue weighted by atomic mass is 10.1. The summed E-state index contributed by atoms with van der Waals surface area (Å²) in [4.78, 5) is 15.9. The SMILES string of the molecule is COc1cc(N2CCN(C(=O)CCI)[C@@H](C)C2)c(F)cc1Cl. The van der Waals surface area contributed by atoms with E-state index in [2.05, 4.69) is 22.6 Å². The number of anilines is 1. The summed E-state index contributed by atoms with van der Waals surface area (Å²) in [6.07, 6.45) is 0.550. The van der Waals surface area contributed by atoms with Crippen LogP contribution in [0, 0.1) is 5.82 Å². The lowest BCUT2D eigenvalue weighted by molar-refractivity contribution is -0.133. The van der Waals surface area contributed by atoms with E-state index in [0.717, 1.165) is 4.43 Å². The molecule has 0 radical (unpaired) electrons. The Bertz CT molecular complexity index is 559. The maximum atomic E-state index is 14.2. The summed E-state index contributed by atoms with van der Waals surface area (Å²) in [7, 11) is 1.51. The second-order valence-electron chi connectivity index (χ2n) is 5.26. The minimum absolute atomic E-state index is 0.0465. The normalized spacial score (nSPS) is 18.5. The number of rotatable bonds is 4. The fourth-order valence-electron chi connectivity index (χ4n) is 2.69. The number of nitrogens with zero attached hydrogens (tertiary/aromatic N) is 2. The summed E-state index contributed by atoms with van der Waals surface area (Å²) < 4.78 is 20.2. The van der Waals surface area contributed by atoms with Crippen molar-refractivity contribution in [2.45, 2.75) is 19.4 Å². The number of piperazine rings is 1. The average molecular weight is 441 g/mol. The molecule has 1 aromatic rings. The van der Waals surface area contributed by atoms with E-state index < -0.39 is 0 Å². The lowest BCUT2D eigenvalue weighted by Crippen LogP contribution is -2.54. The first-order valence-electron chi connectivity index (χ1n) is 7.11. The number of carbonyl (C=O) groups excluding carboxylic acids is 1. The zero-order chi connectivity index (χ0) is 16.3. The van der Waals surface area contributed by atoms with Gasteiger partial charge >= 0.3 is 0 Å². The number of ether oxygens (including phenoxy) is 1. The standard InChI is InChI=1S/C15H19ClFIN2O2/c1-10-9-19(5-6-20(10)15(21)3-4-18)13-8-14(22-2)11(16)7-12(13)17/h7-8,10H,3-6,9H2,1-2H3/t10-/m0/s1. The Labute approximate surface area is 148 Å². The Balaban J connectivity index is 2.15. The molecule has 0 N–H and O–H groups in total. The van der Waals surface area contributed by atoms with E-state index in [1.165, 1.54) is 13.2 Å². The van der Waals surface area contributed by atoms with Crippen molar-refractivity contribution in [2.75, 3.05) is 36.1 Å². The van der Waals surface area contributed by atoms with E-state index in [9.17, 15) is 9.18 Å². The smallest absolute Gasteiger partial charge is 0.223 e. The van der Waals surface area contributed by atoms with Crippen LogP contribution in [0.4, 0.5) is 10.1 Å². The van der Waals surface area contributed by atoms with Crippen LogP contribution in [0.1, 0.15) is 13.3 Å². The number of amides is 1. The van der Waals surface area contributed by atoms with Crippen molar-refractivity contribution in [2.24, 2.45) is 0 Å². The van der Waals surface area contributed by atoms with Crippen molar-refractivity contribution in [3.63, 3.8) is 0 Å². The summed E-state index contributed by atoms with van der Waals surface area (Å²) >= 11 is 8.13. The first-order chi connectivity index (χ1) is 10.5. The summed E-state index contributed by atoms with van der Waals surface area (Å²) in [5.41, 5.74) is 0.467. The van der Waals surface area contributed by atoms with Crippen LogP contribution in [0.2, 0.25) is 5.02 Å². The van der Waals surface area contributed by atoms with Gasteiger partial charge in [0.1, 0.15) is 11.6 Å². The molecule has 22 heavy (non-hydrogen) atoms. The molecule has 0 aromatic heterocycles. The highest BCUT2D eigenvalue weighted by molar-refractivity contribution is 14.1. The van der Waals surface area contributed by atoms with E-state index in [1.807, 2.05) is 16.7 Å². The van der Waals surface area contributed by atoms with Crippen LogP contribution in [0.25, 0.3) is 0 Å². The second kappa shape index (κ2) is 7.68. The van der Waals surface area contributed by atoms with Crippen LogP contribution in [-0.4, -0.2) is 48.0 Å². The molecular weight excluding hydrogens is 422 g/mol. The molecule has 0 aliphatic carbocycles. The quantitative estimate of drug-likeness (QED) is 0.532. The molecule has 7 heteroatoms. The average Bonchev–Trinajstić information content (AvgIpc) is 2.47. The van der Waals surface area contributed by atoms with Gasteiger partial charge in [0.25, 0.3) is 0 Å². The van der Waals surface area contributed by atoms with Crippen molar-refractivity contribution in [1.29, 1.82) is 0 Å². The van der Waals surface area contributed by atoms with Crippen molar-refractivity contribution < 1.29 is 13.9 Å². The predicted molar refractivity (Wildman–Crippen MR) is 94.9 cm³/mol. The van der Waals surface area contributed by atoms with Crippen LogP contribution in [-0.2, 0) is 4.79 Å². The number of methoxy groups -OCH3 is 1. The van der Waals surface area contributed by atoms with E-state index in [4.69, 9.17) is 16.3 Å². The first-order valence-corrected chi connectivity index (χ1v) is 9.01. The fraction of sp³-hybridized carbons (Fsp3) is 0.533. The number of hydrogen-bond acceptors (Lipinski definition) is 3. The maximum Gasteiger partial charge on any atom is 0.223 e. The number of benzene rings is 1. The summed E-state index contributed by atoms with van der Waals surface area (Å²) in [5.74, 6) is 0.245. The summed E-state index contributed by atoms with van der Waals surface area (Å²) in [6.45, 7) is 3.77. The third kappa shape index (κ3) is 3.76. The molecule has 0 spiro atoms. The Kier molecular flexibility index (Phi) is 6.14. The fourth-order valence-corrected chi connectivity index (χ4v) is 3.38. The maximum absolute atomic E-state index is 14.2. The third-order valence-electron chi connectivity index (χ3n) is 3.82. The number of alkyl halides is 1. The van der Waals surface area contributed by atoms with Gasteiger partial charge in [-0.05, 0) is 13.0 Å². The van der Waals surface area contributed by atoms with Gasteiger partial charge in [-0.2, -0.15) is 0 Å². The molecule has 0 unspecified atom stereocenters. The second-order valence-corrected chi connectivity index (χ2v) is 6.75. The Morgan fingerprint density at radius 3 is 2.82 bits per heavy atom. The van der Waals surface area contributed by atoms with Gasteiger partial charge in [0, 0.05) is 42.6 Å². The van der Waals surface area contributed by atoms with Crippen LogP contribution in [0.5, 0.6) is 5.75 Å². The van der Waals surface area contributed by atoms with Crippen molar-refractivity contribution in [3.05, 3.63) is 23.0 Å². The molecule has 1 aliphatic rings. The van der Waals surface area contributed by atoms with Crippen LogP contribution in [0.15, 0.2) is 12.1 Å². The van der Waals surface area contributed by atoms with E-state index >= 15 is 0 Å². The molecule has 0 saturated carbocycles. The van der Waals surface area contributed by atoms with E-state index in [-0.39, 0.29) is 22.8 Å². The molecule has 1 aliphatic heterocycles. The zero-order valence-electron chi connectivity index (χ0n) is 12.6. The van der Waals surface area contributed by atoms with Crippen molar-refractivity contribution >= 4 is 45.8 Å². The van der Waals surface area contributed by atoms with Crippen LogP contribution in [0.3, 0.4) is 0 Å². The molecule has 1 amide bonds. The van der Waals surface area contributed by atoms with E-state index in [1.54, 1.807) is 6.07 Å². The summed E-state index contributed by atoms with van der Waals surface area (Å²) in [6, 6.07) is 2.94. The minimum atomic E-state index is -0.370. The molecule has 1 aromatic carbocycles. The zero-order valence-corrected chi connectivity index (χ0v) is 15.5. The Morgan fingerprint density at radius 2 is 2.23 bits per heavy atom. The molecule has 1 heterocycles. The largest absolute Gasteiger partial charge is 0.495 e. The van der Waals surface area contributed by atoms with Gasteiger partial charge in [-0.15, -0.1) is 0 Å². The van der Waals surface area contributed by atoms with Gasteiger partial charge < -0.3 is 14.5 Å². The van der Waals surface area contributed by atoms with Crippen molar-refractivity contribution in [3.8, 4) is 5.75 Å². The molecular formula is C15H19ClFIN2O2. The van der Waals surface area contributed by atoms with Gasteiger partial charge in [-0.3, -0.25) is 4.79 Å². The minimum Gasteiger partial charge on any atom is -0.495 e. The highest BCUT2D eigenvalue weighted by Gasteiger charge is 2.28.